The van der Waals surface area contributed by atoms with Crippen LogP contribution in [0.25, 0.3) is 0 Å². The van der Waals surface area contributed by atoms with Gasteiger partial charge in [0.2, 0.25) is 0 Å². The van der Waals surface area contributed by atoms with E-state index in [1.807, 2.05) is 0 Å². The first-order chi connectivity index (χ1) is 5.61. The van der Waals surface area contributed by atoms with Crippen LogP contribution in [0.4, 0.5) is 0 Å². The van der Waals surface area contributed by atoms with Gasteiger partial charge in [-0.3, -0.25) is 4.79 Å². The standard InChI is InChI=1S/C7H13NO3S/c1-3-4-12(11)5-6(8-2)7(9)10/h3,6,8H,1,4-5H2,2H3,(H,9,10)/t6-,12?/m0/s1. The van der Waals surface area contributed by atoms with E-state index in [-0.39, 0.29) is 5.75 Å². The van der Waals surface area contributed by atoms with Crippen LogP contribution in [0, 0.1) is 0 Å². The van der Waals surface area contributed by atoms with Gasteiger partial charge in [-0.05, 0) is 24.3 Å². The number of likely N-dealkylation sites (N-methyl/N-ethyl adjacent to an activating group) is 1. The fraction of sp³-hybridized carbons (Fsp3) is 0.571. The number of hydrogen-bond donors (Lipinski definition) is 2. The molecule has 70 valence electrons. The van der Waals surface area contributed by atoms with Gasteiger partial charge in [0.1, 0.15) is 11.5 Å². The van der Waals surface area contributed by atoms with Crippen molar-refractivity contribution in [1.82, 2.24) is 5.32 Å². The van der Waals surface area contributed by atoms with Gasteiger partial charge >= 0.3 is 5.97 Å². The molecule has 0 aliphatic heterocycles. The SMILES string of the molecule is C=CC[S+]([O-])C[C@H](NC)C(=O)O. The minimum absolute atomic E-state index is 0.123. The van der Waals surface area contributed by atoms with Crippen LogP contribution in [0.2, 0.25) is 0 Å². The van der Waals surface area contributed by atoms with Gasteiger partial charge in [-0.2, -0.15) is 0 Å². The maximum Gasteiger partial charge on any atom is 0.325 e. The highest BCUT2D eigenvalue weighted by Crippen LogP contribution is 1.95. The van der Waals surface area contributed by atoms with E-state index in [0.29, 0.717) is 5.75 Å². The summed E-state index contributed by atoms with van der Waals surface area (Å²) in [4.78, 5) is 10.4. The molecule has 0 aliphatic rings. The smallest absolute Gasteiger partial charge is 0.325 e. The Kier molecular flexibility index (Phi) is 5.79. The summed E-state index contributed by atoms with van der Waals surface area (Å²) in [6.45, 7) is 3.42. The number of nitrogens with one attached hydrogen (secondary N) is 1. The highest BCUT2D eigenvalue weighted by molar-refractivity contribution is 7.91. The van der Waals surface area contributed by atoms with E-state index in [1.165, 1.54) is 13.1 Å². The van der Waals surface area contributed by atoms with Gasteiger partial charge in [0.25, 0.3) is 0 Å². The summed E-state index contributed by atoms with van der Waals surface area (Å²) >= 11 is -1.13. The van der Waals surface area contributed by atoms with Crippen molar-refractivity contribution in [3.8, 4) is 0 Å². The van der Waals surface area contributed by atoms with E-state index < -0.39 is 23.2 Å². The van der Waals surface area contributed by atoms with Crippen molar-refractivity contribution in [2.24, 2.45) is 0 Å². The lowest BCUT2D eigenvalue weighted by molar-refractivity contribution is -0.138. The van der Waals surface area contributed by atoms with Gasteiger partial charge < -0.3 is 15.0 Å². The number of rotatable bonds is 6. The fourth-order valence-electron chi connectivity index (χ4n) is 0.663. The molecule has 0 amide bonds. The maximum atomic E-state index is 11.1. The Morgan fingerprint density at radius 3 is 2.83 bits per heavy atom. The molecule has 4 nitrogen and oxygen atoms in total. The molecule has 0 saturated heterocycles. The lowest BCUT2D eigenvalue weighted by Crippen LogP contribution is -2.40. The number of aliphatic carboxylic acids is 1. The van der Waals surface area contributed by atoms with Crippen LogP contribution in [-0.4, -0.2) is 40.2 Å². The van der Waals surface area contributed by atoms with E-state index in [9.17, 15) is 9.35 Å². The lowest BCUT2D eigenvalue weighted by Gasteiger charge is -2.13. The second-order valence-corrected chi connectivity index (χ2v) is 3.79. The first-order valence-electron chi connectivity index (χ1n) is 3.47. The molecule has 0 rings (SSSR count). The Hall–Kier alpha value is -0.520. The van der Waals surface area contributed by atoms with Crippen LogP contribution in [0.15, 0.2) is 12.7 Å². The van der Waals surface area contributed by atoms with Crippen molar-refractivity contribution in [1.29, 1.82) is 0 Å². The molecule has 0 fully saturated rings. The summed E-state index contributed by atoms with van der Waals surface area (Å²) in [5.41, 5.74) is 0. The molecule has 0 heterocycles. The van der Waals surface area contributed by atoms with Gasteiger partial charge in [0.05, 0.1) is 0 Å². The average molecular weight is 191 g/mol. The minimum atomic E-state index is -1.13. The molecule has 2 N–H and O–H groups in total. The van der Waals surface area contributed by atoms with E-state index in [0.717, 1.165) is 0 Å². The van der Waals surface area contributed by atoms with Gasteiger partial charge in [0, 0.05) is 0 Å². The minimum Gasteiger partial charge on any atom is -0.616 e. The molecule has 12 heavy (non-hydrogen) atoms. The second-order valence-electron chi connectivity index (χ2n) is 2.24. The fourth-order valence-corrected chi connectivity index (χ4v) is 1.74. The average Bonchev–Trinajstić information content (AvgIpc) is 2.00. The van der Waals surface area contributed by atoms with Crippen LogP contribution in [-0.2, 0) is 16.0 Å². The zero-order chi connectivity index (χ0) is 9.56. The third-order valence-corrected chi connectivity index (χ3v) is 2.62. The third-order valence-electron chi connectivity index (χ3n) is 1.30. The summed E-state index contributed by atoms with van der Waals surface area (Å²) in [7, 11) is 1.53. The van der Waals surface area contributed by atoms with E-state index in [4.69, 9.17) is 5.11 Å². The summed E-state index contributed by atoms with van der Waals surface area (Å²) < 4.78 is 11.1. The van der Waals surface area contributed by atoms with Gasteiger partial charge in [0.15, 0.2) is 6.04 Å². The molecule has 2 atom stereocenters. The molecule has 1 unspecified atom stereocenters. The Bertz CT molecular complexity index is 163. The molecule has 0 aliphatic carbocycles. The number of carbonyl (C=O) groups is 1. The number of carboxylic acid groups (broad SMARTS) is 1. The van der Waals surface area contributed by atoms with Crippen LogP contribution < -0.4 is 5.32 Å². The zero-order valence-corrected chi connectivity index (χ0v) is 7.76. The highest BCUT2D eigenvalue weighted by Gasteiger charge is 2.20. The maximum absolute atomic E-state index is 11.1. The molecule has 0 spiro atoms. The molecule has 0 aromatic heterocycles. The zero-order valence-electron chi connectivity index (χ0n) is 6.95. The molecular weight excluding hydrogens is 178 g/mol. The Labute approximate surface area is 74.8 Å². The summed E-state index contributed by atoms with van der Waals surface area (Å²) in [5, 5.41) is 11.1. The molecule has 0 aromatic rings. The summed E-state index contributed by atoms with van der Waals surface area (Å²) in [6.07, 6.45) is 1.52. The molecule has 0 bridgehead atoms. The van der Waals surface area contributed by atoms with Crippen molar-refractivity contribution in [2.45, 2.75) is 6.04 Å². The van der Waals surface area contributed by atoms with Crippen LogP contribution in [0.1, 0.15) is 0 Å². The monoisotopic (exact) mass is 191 g/mol. The van der Waals surface area contributed by atoms with Crippen molar-refractivity contribution in [3.05, 3.63) is 12.7 Å². The highest BCUT2D eigenvalue weighted by atomic mass is 32.2. The van der Waals surface area contributed by atoms with Crippen LogP contribution >= 0.6 is 0 Å². The first-order valence-corrected chi connectivity index (χ1v) is 4.96. The van der Waals surface area contributed by atoms with Crippen molar-refractivity contribution >= 4 is 17.1 Å². The number of hydrogen-bond acceptors (Lipinski definition) is 3. The number of carboxylic acids is 1. The van der Waals surface area contributed by atoms with Crippen molar-refractivity contribution in [3.63, 3.8) is 0 Å². The lowest BCUT2D eigenvalue weighted by atomic mass is 10.3. The van der Waals surface area contributed by atoms with Crippen molar-refractivity contribution < 1.29 is 14.5 Å². The van der Waals surface area contributed by atoms with Gasteiger partial charge in [-0.15, -0.1) is 0 Å². The normalized spacial score (nSPS) is 15.2. The molecular formula is C7H13NO3S. The second kappa shape index (κ2) is 6.05. The van der Waals surface area contributed by atoms with Crippen LogP contribution in [0.5, 0.6) is 0 Å². The Balaban J connectivity index is 3.84. The Morgan fingerprint density at radius 1 is 1.92 bits per heavy atom. The van der Waals surface area contributed by atoms with E-state index in [2.05, 4.69) is 11.9 Å². The molecule has 5 heteroatoms. The van der Waals surface area contributed by atoms with Gasteiger partial charge in [-0.1, -0.05) is 6.58 Å². The predicted molar refractivity (Wildman–Crippen MR) is 48.6 cm³/mol. The topological polar surface area (TPSA) is 72.4 Å². The van der Waals surface area contributed by atoms with E-state index in [1.54, 1.807) is 0 Å². The van der Waals surface area contributed by atoms with Gasteiger partial charge in [-0.25, -0.2) is 0 Å². The van der Waals surface area contributed by atoms with Crippen LogP contribution in [0.3, 0.4) is 0 Å². The molecule has 0 radical (unpaired) electrons. The Morgan fingerprint density at radius 2 is 2.50 bits per heavy atom. The summed E-state index contributed by atoms with van der Waals surface area (Å²) in [5.74, 6) is -0.515. The molecule has 0 saturated carbocycles. The predicted octanol–water partition coefficient (Wildman–Crippen LogP) is -0.406. The van der Waals surface area contributed by atoms with Crippen molar-refractivity contribution in [2.75, 3.05) is 18.6 Å². The first kappa shape index (κ1) is 11.5. The largest absolute Gasteiger partial charge is 0.616 e. The quantitative estimate of drug-likeness (QED) is 0.442. The van der Waals surface area contributed by atoms with E-state index >= 15 is 0 Å². The third kappa shape index (κ3) is 4.38. The summed E-state index contributed by atoms with van der Waals surface area (Å²) in [6, 6.07) is -0.731. The molecule has 0 aromatic carbocycles.